The molecule has 1 aromatic carbocycles. The van der Waals surface area contributed by atoms with Gasteiger partial charge >= 0.3 is 0 Å². The fourth-order valence-corrected chi connectivity index (χ4v) is 1.57. The molecule has 0 radical (unpaired) electrons. The van der Waals surface area contributed by atoms with Gasteiger partial charge in [0.1, 0.15) is 18.4 Å². The van der Waals surface area contributed by atoms with Gasteiger partial charge in [-0.25, -0.2) is 4.98 Å². The van der Waals surface area contributed by atoms with Crippen LogP contribution in [0.4, 0.5) is 5.69 Å². The first-order chi connectivity index (χ1) is 8.65. The van der Waals surface area contributed by atoms with E-state index in [2.05, 4.69) is 15.4 Å². The Hall–Kier alpha value is -2.37. The quantitative estimate of drug-likeness (QED) is 0.797. The minimum absolute atomic E-state index is 0.0979. The molecule has 2 rings (SSSR count). The third-order valence-electron chi connectivity index (χ3n) is 2.52. The molecule has 18 heavy (non-hydrogen) atoms. The zero-order valence-electron chi connectivity index (χ0n) is 10.00. The van der Waals surface area contributed by atoms with E-state index < -0.39 is 0 Å². The molecule has 0 saturated heterocycles. The number of carbonyl (C=O) groups excluding carboxylic acids is 1. The summed E-state index contributed by atoms with van der Waals surface area (Å²) in [4.78, 5) is 15.5. The van der Waals surface area contributed by atoms with Crippen LogP contribution in [0.25, 0.3) is 0 Å². The molecule has 1 amide bonds. The van der Waals surface area contributed by atoms with E-state index in [4.69, 9.17) is 0 Å². The first-order valence-corrected chi connectivity index (χ1v) is 5.57. The normalized spacial score (nSPS) is 10.3. The molecular formula is C12H14N4O2. The highest BCUT2D eigenvalue weighted by molar-refractivity contribution is 5.91. The molecular weight excluding hydrogens is 232 g/mol. The van der Waals surface area contributed by atoms with Gasteiger partial charge in [0, 0.05) is 12.1 Å². The Morgan fingerprint density at radius 1 is 1.50 bits per heavy atom. The van der Waals surface area contributed by atoms with E-state index in [1.165, 1.54) is 6.33 Å². The van der Waals surface area contributed by atoms with Crippen LogP contribution in [0.5, 0.6) is 5.75 Å². The molecule has 1 heterocycles. The Morgan fingerprint density at radius 3 is 3.00 bits per heavy atom. The van der Waals surface area contributed by atoms with Gasteiger partial charge in [0.15, 0.2) is 0 Å². The molecule has 94 valence electrons. The molecule has 6 nitrogen and oxygen atoms in total. The minimum atomic E-state index is -0.0979. The van der Waals surface area contributed by atoms with Crippen molar-refractivity contribution in [3.8, 4) is 5.75 Å². The number of phenols is 1. The van der Waals surface area contributed by atoms with Crippen LogP contribution in [0.3, 0.4) is 0 Å². The maximum absolute atomic E-state index is 11.7. The predicted molar refractivity (Wildman–Crippen MR) is 66.1 cm³/mol. The fraction of sp³-hybridized carbons (Fsp3) is 0.250. The summed E-state index contributed by atoms with van der Waals surface area (Å²) < 4.78 is 1.60. The Bertz CT molecular complexity index is 537. The maximum Gasteiger partial charge on any atom is 0.226 e. The van der Waals surface area contributed by atoms with Crippen LogP contribution >= 0.6 is 0 Å². The molecule has 6 heteroatoms. The molecule has 0 bridgehead atoms. The number of hydrogen-bond donors (Lipinski definition) is 2. The van der Waals surface area contributed by atoms with Gasteiger partial charge in [0.2, 0.25) is 5.91 Å². The van der Waals surface area contributed by atoms with Crippen LogP contribution in [0.15, 0.2) is 30.9 Å². The van der Waals surface area contributed by atoms with Crippen molar-refractivity contribution >= 4 is 11.6 Å². The standard InChI is InChI=1S/C12H14N4O2/c1-9-6-10(17)2-3-11(9)15-12(18)4-5-16-8-13-7-14-16/h2-3,6-8,17H,4-5H2,1H3,(H,15,18). The monoisotopic (exact) mass is 246 g/mol. The number of anilines is 1. The van der Waals surface area contributed by atoms with Crippen molar-refractivity contribution in [3.63, 3.8) is 0 Å². The van der Waals surface area contributed by atoms with Gasteiger partial charge in [0.05, 0.1) is 6.54 Å². The van der Waals surface area contributed by atoms with Crippen molar-refractivity contribution in [3.05, 3.63) is 36.4 Å². The van der Waals surface area contributed by atoms with Crippen molar-refractivity contribution in [2.45, 2.75) is 19.9 Å². The van der Waals surface area contributed by atoms with Crippen LogP contribution < -0.4 is 5.32 Å². The van der Waals surface area contributed by atoms with Crippen LogP contribution in [0.1, 0.15) is 12.0 Å². The highest BCUT2D eigenvalue weighted by Gasteiger charge is 2.05. The smallest absolute Gasteiger partial charge is 0.226 e. The lowest BCUT2D eigenvalue weighted by molar-refractivity contribution is -0.116. The summed E-state index contributed by atoms with van der Waals surface area (Å²) in [5, 5.41) is 16.0. The first kappa shape index (κ1) is 12.1. The van der Waals surface area contributed by atoms with Gasteiger partial charge in [-0.05, 0) is 30.7 Å². The lowest BCUT2D eigenvalue weighted by Gasteiger charge is -2.08. The number of nitrogens with one attached hydrogen (secondary N) is 1. The second kappa shape index (κ2) is 5.31. The topological polar surface area (TPSA) is 80.0 Å². The van der Waals surface area contributed by atoms with E-state index in [0.717, 1.165) is 5.56 Å². The largest absolute Gasteiger partial charge is 0.508 e. The summed E-state index contributed by atoms with van der Waals surface area (Å²) in [5.74, 6) is 0.0902. The number of aromatic hydroxyl groups is 1. The van der Waals surface area contributed by atoms with Crippen molar-refractivity contribution < 1.29 is 9.90 Å². The van der Waals surface area contributed by atoms with E-state index >= 15 is 0 Å². The fourth-order valence-electron chi connectivity index (χ4n) is 1.57. The van der Waals surface area contributed by atoms with Crippen molar-refractivity contribution in [2.75, 3.05) is 5.32 Å². The van der Waals surface area contributed by atoms with Crippen LogP contribution in [0, 0.1) is 6.92 Å². The number of hydrogen-bond acceptors (Lipinski definition) is 4. The summed E-state index contributed by atoms with van der Waals surface area (Å²) in [7, 11) is 0. The number of aromatic nitrogens is 3. The second-order valence-electron chi connectivity index (χ2n) is 3.96. The van der Waals surface area contributed by atoms with Crippen LogP contribution in [-0.2, 0) is 11.3 Å². The average Bonchev–Trinajstić information content (AvgIpc) is 2.83. The zero-order valence-corrected chi connectivity index (χ0v) is 10.00. The summed E-state index contributed by atoms with van der Waals surface area (Å²) in [5.41, 5.74) is 1.53. The summed E-state index contributed by atoms with van der Waals surface area (Å²) in [6.07, 6.45) is 3.32. The highest BCUT2D eigenvalue weighted by Crippen LogP contribution is 2.20. The molecule has 0 aliphatic rings. The van der Waals surface area contributed by atoms with Crippen molar-refractivity contribution in [2.24, 2.45) is 0 Å². The van der Waals surface area contributed by atoms with Gasteiger partial charge in [-0.2, -0.15) is 5.10 Å². The average molecular weight is 246 g/mol. The van der Waals surface area contributed by atoms with Gasteiger partial charge in [-0.15, -0.1) is 0 Å². The van der Waals surface area contributed by atoms with E-state index in [-0.39, 0.29) is 11.7 Å². The molecule has 0 unspecified atom stereocenters. The zero-order chi connectivity index (χ0) is 13.0. The van der Waals surface area contributed by atoms with Gasteiger partial charge in [-0.3, -0.25) is 9.48 Å². The molecule has 0 aliphatic heterocycles. The maximum atomic E-state index is 11.7. The lowest BCUT2D eigenvalue weighted by Crippen LogP contribution is -2.15. The molecule has 1 aromatic heterocycles. The molecule has 0 atom stereocenters. The van der Waals surface area contributed by atoms with E-state index in [1.807, 2.05) is 6.92 Å². The Balaban J connectivity index is 1.91. The number of amides is 1. The summed E-state index contributed by atoms with van der Waals surface area (Å²) >= 11 is 0. The predicted octanol–water partition coefficient (Wildman–Crippen LogP) is 1.32. The van der Waals surface area contributed by atoms with Gasteiger partial charge in [-0.1, -0.05) is 0 Å². The SMILES string of the molecule is Cc1cc(O)ccc1NC(=O)CCn1cncn1. The number of phenolic OH excluding ortho intramolecular Hbond substituents is 1. The van der Waals surface area contributed by atoms with Crippen molar-refractivity contribution in [1.82, 2.24) is 14.8 Å². The van der Waals surface area contributed by atoms with Crippen LogP contribution in [-0.4, -0.2) is 25.8 Å². The first-order valence-electron chi connectivity index (χ1n) is 5.57. The lowest BCUT2D eigenvalue weighted by atomic mass is 10.2. The molecule has 2 N–H and O–H groups in total. The molecule has 0 aliphatic carbocycles. The van der Waals surface area contributed by atoms with Crippen molar-refractivity contribution in [1.29, 1.82) is 0 Å². The number of carbonyl (C=O) groups is 1. The Morgan fingerprint density at radius 2 is 2.33 bits per heavy atom. The minimum Gasteiger partial charge on any atom is -0.508 e. The number of benzene rings is 1. The molecule has 0 spiro atoms. The molecule has 0 saturated carbocycles. The third-order valence-corrected chi connectivity index (χ3v) is 2.52. The molecule has 0 fully saturated rings. The van der Waals surface area contributed by atoms with E-state index in [1.54, 1.807) is 29.2 Å². The van der Waals surface area contributed by atoms with Gasteiger partial charge < -0.3 is 10.4 Å². The Kier molecular flexibility index (Phi) is 3.57. The van der Waals surface area contributed by atoms with E-state index in [0.29, 0.717) is 18.7 Å². The highest BCUT2D eigenvalue weighted by atomic mass is 16.3. The summed E-state index contributed by atoms with van der Waals surface area (Å²) in [6, 6.07) is 4.82. The number of rotatable bonds is 4. The Labute approximate surface area is 104 Å². The van der Waals surface area contributed by atoms with Gasteiger partial charge in [0.25, 0.3) is 0 Å². The van der Waals surface area contributed by atoms with E-state index in [9.17, 15) is 9.90 Å². The number of aryl methyl sites for hydroxylation is 2. The number of nitrogens with zero attached hydrogens (tertiary/aromatic N) is 3. The summed E-state index contributed by atoms with van der Waals surface area (Å²) in [6.45, 7) is 2.32. The van der Waals surface area contributed by atoms with Crippen LogP contribution in [0.2, 0.25) is 0 Å². The second-order valence-corrected chi connectivity index (χ2v) is 3.96. The molecule has 2 aromatic rings. The third kappa shape index (κ3) is 3.07.